The first kappa shape index (κ1) is 103. The summed E-state index contributed by atoms with van der Waals surface area (Å²) in [6.07, 6.45) is 2.63. The van der Waals surface area contributed by atoms with Crippen LogP contribution in [0, 0.1) is 0 Å². The monoisotopic (exact) mass is 1910 g/mol. The number of carbonyl (C=O) groups excluding carboxylic acids is 4. The summed E-state index contributed by atoms with van der Waals surface area (Å²) in [7, 11) is 0. The zero-order chi connectivity index (χ0) is 100. The fraction of sp³-hybridized carbons (Fsp3) is 0.163. The summed E-state index contributed by atoms with van der Waals surface area (Å²) in [6, 6.07) is 56.3. The molecule has 0 aliphatic heterocycles. The lowest BCUT2D eigenvalue weighted by atomic mass is 10.1. The first-order chi connectivity index (χ1) is 65.8. The Morgan fingerprint density at radius 1 is 0.290 bits per heavy atom. The van der Waals surface area contributed by atoms with Gasteiger partial charge in [0.2, 0.25) is 5.91 Å². The number of hydrogen-bond donors (Lipinski definition) is 30. The third-order valence-corrected chi connectivity index (χ3v) is 19.4. The Kier molecular flexibility index (Phi) is 37.7. The number of aliphatic hydroxyl groups is 1. The predicted octanol–water partition coefficient (Wildman–Crippen LogP) is 12.0. The number of amides is 4. The number of benzene rings is 13. The molecule has 1 fully saturated rings. The molecule has 13 aromatic rings. The van der Waals surface area contributed by atoms with Gasteiger partial charge in [0.15, 0.2) is 151 Å². The van der Waals surface area contributed by atoms with Crippen molar-refractivity contribution in [2.75, 3.05) is 43.5 Å². The van der Waals surface area contributed by atoms with Crippen molar-refractivity contribution in [3.8, 4) is 178 Å². The first-order valence-electron chi connectivity index (χ1n) is 41.5. The number of aliphatic hydroxyl groups excluding tert-OH is 1. The van der Waals surface area contributed by atoms with E-state index in [1.54, 1.807) is 60.7 Å². The minimum atomic E-state index is -0.781. The van der Waals surface area contributed by atoms with Crippen LogP contribution in [0.15, 0.2) is 243 Å². The van der Waals surface area contributed by atoms with Crippen LogP contribution in [0.1, 0.15) is 58.3 Å². The molecule has 138 heavy (non-hydrogen) atoms. The van der Waals surface area contributed by atoms with Gasteiger partial charge in [-0.3, -0.25) is 19.2 Å². The Morgan fingerprint density at radius 2 is 0.623 bits per heavy atom. The highest BCUT2D eigenvalue weighted by atomic mass is 16.5. The molecule has 0 radical (unpaired) electrons. The maximum Gasteiger partial charge on any atom is 0.262 e. The molecular weight excluding hydrogens is 1810 g/mol. The number of ether oxygens (including phenoxy) is 6. The van der Waals surface area contributed by atoms with Crippen molar-refractivity contribution >= 4 is 35.0 Å². The molecule has 0 bridgehead atoms. The van der Waals surface area contributed by atoms with Crippen LogP contribution in [0.5, 0.6) is 178 Å². The molecule has 2 unspecified atom stereocenters. The quantitative estimate of drug-likeness (QED) is 0.0147. The molecular formula is C98H99N5O35. The molecule has 1 saturated carbocycles. The van der Waals surface area contributed by atoms with Gasteiger partial charge in [0.05, 0.1) is 0 Å². The van der Waals surface area contributed by atoms with E-state index in [9.17, 15) is 132 Å². The van der Waals surface area contributed by atoms with Gasteiger partial charge in [-0.2, -0.15) is 0 Å². The average Bonchev–Trinajstić information content (AvgIpc) is 1.68. The summed E-state index contributed by atoms with van der Waals surface area (Å²) in [5.41, 5.74) is 3.95. The lowest BCUT2D eigenvalue weighted by molar-refractivity contribution is -0.123. The van der Waals surface area contributed by atoms with E-state index in [0.717, 1.165) is 36.0 Å². The van der Waals surface area contributed by atoms with Gasteiger partial charge in [0, 0.05) is 92.0 Å². The Hall–Kier alpha value is -18.3. The largest absolute Gasteiger partial charge is 0.504 e. The Balaban J connectivity index is 0.000000186. The molecule has 40 nitrogen and oxygen atoms in total. The van der Waals surface area contributed by atoms with E-state index in [0.29, 0.717) is 71.6 Å². The lowest BCUT2D eigenvalue weighted by Crippen LogP contribution is -2.31. The molecule has 14 rings (SSSR count). The molecule has 726 valence electrons. The summed E-state index contributed by atoms with van der Waals surface area (Å²) in [5.74, 6) is -5.04. The molecule has 13 aromatic carbocycles. The zero-order valence-corrected chi connectivity index (χ0v) is 72.8. The highest BCUT2D eigenvalue weighted by Gasteiger charge is 2.32. The molecule has 0 heterocycles. The van der Waals surface area contributed by atoms with Crippen LogP contribution in [-0.2, 0) is 40.3 Å². The molecule has 1 aliphatic rings. The second-order valence-corrected chi connectivity index (χ2v) is 30.0. The number of carbonyl (C=O) groups is 4. The summed E-state index contributed by atoms with van der Waals surface area (Å²) in [4.78, 5) is 47.2. The topological polar surface area (TPSA) is 690 Å². The van der Waals surface area contributed by atoms with E-state index in [-0.39, 0.29) is 212 Å². The maximum atomic E-state index is 12.1. The molecule has 30 N–H and O–H groups in total. The fourth-order valence-corrected chi connectivity index (χ4v) is 12.1. The van der Waals surface area contributed by atoms with E-state index in [4.69, 9.17) is 43.7 Å². The van der Waals surface area contributed by atoms with Crippen molar-refractivity contribution in [2.24, 2.45) is 0 Å². The lowest BCUT2D eigenvalue weighted by Gasteiger charge is -2.22. The van der Waals surface area contributed by atoms with Gasteiger partial charge in [-0.05, 0) is 230 Å². The molecule has 0 aromatic heterocycles. The van der Waals surface area contributed by atoms with Crippen LogP contribution in [0.3, 0.4) is 0 Å². The number of aromatic hydroxyl groups is 24. The van der Waals surface area contributed by atoms with Crippen molar-refractivity contribution < 1.29 is 175 Å². The number of nitrogens with one attached hydrogen (secondary N) is 5. The van der Waals surface area contributed by atoms with Crippen LogP contribution in [0.25, 0.3) is 0 Å². The van der Waals surface area contributed by atoms with Gasteiger partial charge >= 0.3 is 0 Å². The van der Waals surface area contributed by atoms with Crippen molar-refractivity contribution in [2.45, 2.75) is 69.9 Å². The molecule has 0 saturated heterocycles. The minimum Gasteiger partial charge on any atom is -0.504 e. The van der Waals surface area contributed by atoms with Crippen molar-refractivity contribution in [1.82, 2.24) is 16.0 Å². The number of anilines is 2. The number of hydrogen-bond acceptors (Lipinski definition) is 36. The molecule has 1 aliphatic carbocycles. The predicted molar refractivity (Wildman–Crippen MR) is 494 cm³/mol. The van der Waals surface area contributed by atoms with Gasteiger partial charge in [0.25, 0.3) is 17.7 Å². The van der Waals surface area contributed by atoms with E-state index in [2.05, 4.69) is 26.6 Å². The van der Waals surface area contributed by atoms with Gasteiger partial charge in [-0.1, -0.05) is 24.3 Å². The Labute approximate surface area is 784 Å². The van der Waals surface area contributed by atoms with Gasteiger partial charge in [0.1, 0.15) is 65.2 Å². The maximum absolute atomic E-state index is 12.1. The number of phenolic OH excluding ortho intramolecular Hbond substituents is 24. The third kappa shape index (κ3) is 33.5. The average molecular weight is 1910 g/mol. The first-order valence-corrected chi connectivity index (χ1v) is 41.5. The van der Waals surface area contributed by atoms with Crippen LogP contribution < -0.4 is 55.0 Å². The van der Waals surface area contributed by atoms with Crippen LogP contribution >= 0.6 is 0 Å². The Bertz CT molecular complexity index is 6190. The van der Waals surface area contributed by atoms with E-state index < -0.39 is 23.8 Å². The van der Waals surface area contributed by atoms with E-state index >= 15 is 0 Å². The van der Waals surface area contributed by atoms with Crippen molar-refractivity contribution in [3.63, 3.8) is 0 Å². The second-order valence-electron chi connectivity index (χ2n) is 30.0. The standard InChI is InChI=1S/C19H15NO6.C17H19NO5.C17H18O6.C16H19NO6.C15H15NO6.C14H13NO6/c21-15-7-1-11(9-17(15)23)19(25)20-12-2-4-13(5-3-12)26-14-6-8-16(22)18(24)10-14;19-13-4-1-11(9-15(13)21)3-6-17(23)18-8-7-12-2-5-14(20)16(22)10-12;18-12-6-4-10(8-14(12)20)22-16-2-1-3-17(16)23-11-5-7-13(19)15(21)9-11;18-11(9-23-12-2-4-14(20)16(22)6-12)8-17-7-10-1-3-13(19)15(21)5-10;17-11-3-1-9(5-13(11)19)7-16-15(21)8-22-10-2-4-12(18)14(20)6-10;16-10-3-1-8(5-12(10)18)15-14(20)7-21-9-2-4-11(17)13(19)6-9/h1-10,21-24H,(H,20,25);1-2,4-5,9-10,19-22H,3,6-8H2,(H,18,23);4-9,16-21H,1-3H2;1-6,11,17-22H,7-9H2;1-6,17-20H,7-8H2,(H,16,21);1-6,16-19H,7H2,(H,15,20)/t;;16-,17?;;;/m..1.../s1. The number of phenols is 24. The SMILES string of the molecule is O=C(CCc1ccc(O)c(O)c1)NCCc1ccc(O)c(O)c1.O=C(COc1ccc(O)c(O)c1)NCc1ccc(O)c(O)c1.O=C(COc1ccc(O)c(O)c1)Nc1ccc(O)c(O)c1.O=C(Nc1ccc(Oc2ccc(O)c(O)c2)cc1)c1ccc(O)c(O)c1.Oc1ccc(CNCC(O)COc2ccc(O)c(O)c2)cc1O.Oc1ccc(OC2CCC[C@H]2Oc2ccc(O)c(O)c2)cc1O. The number of aryl methyl sites for hydroxylation is 1. The molecule has 4 amide bonds. The van der Waals surface area contributed by atoms with Crippen LogP contribution in [-0.4, -0.2) is 203 Å². The van der Waals surface area contributed by atoms with Crippen molar-refractivity contribution in [1.29, 1.82) is 0 Å². The van der Waals surface area contributed by atoms with Gasteiger partial charge in [-0.25, -0.2) is 0 Å². The minimum absolute atomic E-state index is 0.0119. The van der Waals surface area contributed by atoms with Gasteiger partial charge in [-0.15, -0.1) is 0 Å². The highest BCUT2D eigenvalue weighted by Crippen LogP contribution is 2.40. The smallest absolute Gasteiger partial charge is 0.262 e. The van der Waals surface area contributed by atoms with Gasteiger partial charge < -0.3 is 183 Å². The normalized spacial score (nSPS) is 12.2. The number of rotatable bonds is 30. The highest BCUT2D eigenvalue weighted by molar-refractivity contribution is 6.04. The van der Waals surface area contributed by atoms with Crippen LogP contribution in [0.4, 0.5) is 11.4 Å². The summed E-state index contributed by atoms with van der Waals surface area (Å²) < 4.78 is 32.8. The van der Waals surface area contributed by atoms with E-state index in [1.807, 2.05) is 0 Å². The molecule has 0 spiro atoms. The Morgan fingerprint density at radius 3 is 1.06 bits per heavy atom. The second kappa shape index (κ2) is 50.3. The summed E-state index contributed by atoms with van der Waals surface area (Å²) in [5, 5.41) is 247. The third-order valence-electron chi connectivity index (χ3n) is 19.4. The van der Waals surface area contributed by atoms with Crippen LogP contribution in [0.2, 0.25) is 0 Å². The summed E-state index contributed by atoms with van der Waals surface area (Å²) >= 11 is 0. The van der Waals surface area contributed by atoms with E-state index in [1.165, 1.54) is 182 Å². The summed E-state index contributed by atoms with van der Waals surface area (Å²) in [6.45, 7) is 0.662. The molecule has 3 atom stereocenters. The van der Waals surface area contributed by atoms with Crippen molar-refractivity contribution in [3.05, 3.63) is 270 Å². The molecule has 40 heteroatoms. The zero-order valence-electron chi connectivity index (χ0n) is 72.8. The fourth-order valence-electron chi connectivity index (χ4n) is 12.1.